The van der Waals surface area contributed by atoms with Gasteiger partial charge in [-0.3, -0.25) is 0 Å². The number of hydrogen-bond donors (Lipinski definition) is 2. The number of nitrogen functional groups attached to an aromatic ring is 1. The van der Waals surface area contributed by atoms with Crippen molar-refractivity contribution in [1.82, 2.24) is 4.72 Å². The highest BCUT2D eigenvalue weighted by Crippen LogP contribution is 2.31. The van der Waals surface area contributed by atoms with Gasteiger partial charge in [0.25, 0.3) is 0 Å². The number of benzene rings is 1. The molecule has 0 radical (unpaired) electrons. The third-order valence-electron chi connectivity index (χ3n) is 3.37. The Balaban J connectivity index is 2.31. The van der Waals surface area contributed by atoms with Gasteiger partial charge in [0.05, 0.1) is 4.47 Å². The van der Waals surface area contributed by atoms with E-state index < -0.39 is 20.7 Å². The first-order valence-electron chi connectivity index (χ1n) is 6.15. The van der Waals surface area contributed by atoms with Crippen molar-refractivity contribution < 1.29 is 12.8 Å². The first-order chi connectivity index (χ1) is 9.35. The number of anilines is 1. The lowest BCUT2D eigenvalue weighted by Gasteiger charge is -2.19. The van der Waals surface area contributed by atoms with Gasteiger partial charge in [-0.15, -0.1) is 0 Å². The molecule has 1 aliphatic carbocycles. The molecule has 0 bridgehead atoms. The summed E-state index contributed by atoms with van der Waals surface area (Å²) < 4.78 is 41.3. The molecule has 0 spiro atoms. The second kappa shape index (κ2) is 6.21. The second-order valence-electron chi connectivity index (χ2n) is 4.75. The van der Waals surface area contributed by atoms with Crippen LogP contribution in [0.5, 0.6) is 0 Å². The van der Waals surface area contributed by atoms with Gasteiger partial charge in [-0.25, -0.2) is 17.5 Å². The minimum atomic E-state index is -3.91. The van der Waals surface area contributed by atoms with Crippen LogP contribution in [0.25, 0.3) is 0 Å². The summed E-state index contributed by atoms with van der Waals surface area (Å²) in [7, 11) is -3.91. The van der Waals surface area contributed by atoms with Gasteiger partial charge in [-0.2, -0.15) is 11.8 Å². The van der Waals surface area contributed by atoms with Crippen LogP contribution >= 0.6 is 27.7 Å². The van der Waals surface area contributed by atoms with Crippen LogP contribution in [0.2, 0.25) is 0 Å². The first-order valence-corrected chi connectivity index (χ1v) is 9.71. The van der Waals surface area contributed by atoms with Crippen molar-refractivity contribution >= 4 is 43.4 Å². The lowest BCUT2D eigenvalue weighted by Crippen LogP contribution is -2.39. The Hall–Kier alpha value is -0.310. The van der Waals surface area contributed by atoms with Crippen molar-refractivity contribution in [2.75, 3.05) is 12.0 Å². The third kappa shape index (κ3) is 3.29. The lowest BCUT2D eigenvalue weighted by molar-refractivity contribution is 0.537. The van der Waals surface area contributed by atoms with E-state index in [-0.39, 0.29) is 21.5 Å². The zero-order valence-corrected chi connectivity index (χ0v) is 14.1. The fourth-order valence-corrected chi connectivity index (χ4v) is 5.46. The molecule has 0 aromatic heterocycles. The molecule has 0 aliphatic heterocycles. The van der Waals surface area contributed by atoms with Crippen molar-refractivity contribution in [2.24, 2.45) is 0 Å². The van der Waals surface area contributed by atoms with E-state index in [9.17, 15) is 12.8 Å². The molecule has 4 nitrogen and oxygen atoms in total. The number of nitrogens with one attached hydrogen (secondary N) is 1. The summed E-state index contributed by atoms with van der Waals surface area (Å²) in [5.41, 5.74) is 5.79. The molecule has 112 valence electrons. The van der Waals surface area contributed by atoms with Gasteiger partial charge in [0.15, 0.2) is 5.82 Å². The van der Waals surface area contributed by atoms with E-state index in [4.69, 9.17) is 5.73 Å². The second-order valence-corrected chi connectivity index (χ2v) is 8.36. The van der Waals surface area contributed by atoms with Crippen molar-refractivity contribution in [3.8, 4) is 0 Å². The summed E-state index contributed by atoms with van der Waals surface area (Å²) in [4.78, 5) is -0.406. The third-order valence-corrected chi connectivity index (χ3v) is 6.60. The maximum Gasteiger partial charge on any atom is 0.243 e. The van der Waals surface area contributed by atoms with E-state index in [1.807, 2.05) is 6.26 Å². The van der Waals surface area contributed by atoms with Crippen LogP contribution < -0.4 is 10.5 Å². The molecular formula is C12H16BrFN2O2S2. The summed E-state index contributed by atoms with van der Waals surface area (Å²) in [6.07, 6.45) is 4.67. The van der Waals surface area contributed by atoms with Crippen LogP contribution in [0, 0.1) is 5.82 Å². The number of rotatable bonds is 4. The number of halogens is 2. The molecule has 2 rings (SSSR count). The van der Waals surface area contributed by atoms with E-state index in [1.165, 1.54) is 6.07 Å². The van der Waals surface area contributed by atoms with Crippen LogP contribution in [-0.4, -0.2) is 26.0 Å². The summed E-state index contributed by atoms with van der Waals surface area (Å²) in [5.74, 6) is -0.814. The van der Waals surface area contributed by atoms with Gasteiger partial charge in [-0.05, 0) is 47.2 Å². The Morgan fingerprint density at radius 3 is 2.80 bits per heavy atom. The number of thioether (sulfide) groups is 1. The lowest BCUT2D eigenvalue weighted by atomic mass is 10.3. The fourth-order valence-electron chi connectivity index (χ4n) is 2.39. The Labute approximate surface area is 130 Å². The highest BCUT2D eigenvalue weighted by atomic mass is 79.9. The highest BCUT2D eigenvalue weighted by Gasteiger charge is 2.32. The molecule has 1 aromatic carbocycles. The van der Waals surface area contributed by atoms with E-state index in [0.29, 0.717) is 0 Å². The summed E-state index contributed by atoms with van der Waals surface area (Å²) >= 11 is 4.61. The number of hydrogen-bond acceptors (Lipinski definition) is 4. The highest BCUT2D eigenvalue weighted by molar-refractivity contribution is 9.10. The molecule has 0 amide bonds. The number of nitrogens with two attached hydrogens (primary N) is 1. The Morgan fingerprint density at radius 2 is 2.15 bits per heavy atom. The average Bonchev–Trinajstić information content (AvgIpc) is 2.80. The van der Waals surface area contributed by atoms with Crippen LogP contribution in [0.15, 0.2) is 21.5 Å². The maximum absolute atomic E-state index is 14.0. The van der Waals surface area contributed by atoms with E-state index >= 15 is 0 Å². The van der Waals surface area contributed by atoms with Gasteiger partial charge in [0, 0.05) is 17.0 Å². The normalized spacial score (nSPS) is 23.1. The molecule has 0 saturated heterocycles. The van der Waals surface area contributed by atoms with Crippen LogP contribution in [0.3, 0.4) is 0 Å². The van der Waals surface area contributed by atoms with Gasteiger partial charge in [0.2, 0.25) is 10.0 Å². The molecule has 8 heteroatoms. The summed E-state index contributed by atoms with van der Waals surface area (Å²) in [6, 6.07) is 2.33. The molecule has 0 heterocycles. The van der Waals surface area contributed by atoms with Crippen LogP contribution in [-0.2, 0) is 10.0 Å². The molecule has 3 N–H and O–H groups in total. The molecule has 20 heavy (non-hydrogen) atoms. The van der Waals surface area contributed by atoms with Crippen LogP contribution in [0.4, 0.5) is 10.1 Å². The molecule has 2 atom stereocenters. The molecule has 1 fully saturated rings. The molecule has 1 aliphatic rings. The van der Waals surface area contributed by atoms with Crippen molar-refractivity contribution in [2.45, 2.75) is 35.4 Å². The maximum atomic E-state index is 14.0. The Kier molecular flexibility index (Phi) is 4.99. The summed E-state index contributed by atoms with van der Waals surface area (Å²) in [6.45, 7) is 0. The first kappa shape index (κ1) is 16.1. The fraction of sp³-hybridized carbons (Fsp3) is 0.500. The van der Waals surface area contributed by atoms with Gasteiger partial charge in [0.1, 0.15) is 4.90 Å². The van der Waals surface area contributed by atoms with Crippen LogP contribution in [0.1, 0.15) is 19.3 Å². The summed E-state index contributed by atoms with van der Waals surface area (Å²) in [5, 5.41) is 0.234. The monoisotopic (exact) mass is 382 g/mol. The minimum Gasteiger partial charge on any atom is -0.399 e. The standard InChI is InChI=1S/C12H16BrFN2O2S2/c1-19-10-4-2-3-9(10)16-20(17,18)11-6-7(15)5-8(13)12(11)14/h5-6,9-10,16H,2-4,15H2,1H3. The average molecular weight is 383 g/mol. The SMILES string of the molecule is CSC1CCCC1NS(=O)(=O)c1cc(N)cc(Br)c1F. The largest absolute Gasteiger partial charge is 0.399 e. The van der Waals surface area contributed by atoms with E-state index in [2.05, 4.69) is 20.7 Å². The molecule has 1 aromatic rings. The quantitative estimate of drug-likeness (QED) is 0.785. The van der Waals surface area contributed by atoms with Crippen molar-refractivity contribution in [3.63, 3.8) is 0 Å². The van der Waals surface area contributed by atoms with Gasteiger partial charge < -0.3 is 5.73 Å². The topological polar surface area (TPSA) is 72.2 Å². The smallest absolute Gasteiger partial charge is 0.243 e. The predicted octanol–water partition coefficient (Wildman–Crippen LogP) is 2.73. The number of sulfonamides is 1. The molecule has 2 unspecified atom stereocenters. The van der Waals surface area contributed by atoms with Crippen molar-refractivity contribution in [3.05, 3.63) is 22.4 Å². The zero-order chi connectivity index (χ0) is 14.9. The van der Waals surface area contributed by atoms with E-state index in [1.54, 1.807) is 11.8 Å². The van der Waals surface area contributed by atoms with Gasteiger partial charge >= 0.3 is 0 Å². The predicted molar refractivity (Wildman–Crippen MR) is 83.8 cm³/mol. The minimum absolute atomic E-state index is 0.0470. The Bertz CT molecular complexity index is 610. The van der Waals surface area contributed by atoms with E-state index in [0.717, 1.165) is 25.3 Å². The molecule has 1 saturated carbocycles. The van der Waals surface area contributed by atoms with Gasteiger partial charge in [-0.1, -0.05) is 6.42 Å². The van der Waals surface area contributed by atoms with Crippen molar-refractivity contribution in [1.29, 1.82) is 0 Å². The Morgan fingerprint density at radius 1 is 1.45 bits per heavy atom. The zero-order valence-electron chi connectivity index (χ0n) is 10.9. The molecular weight excluding hydrogens is 367 g/mol.